The summed E-state index contributed by atoms with van der Waals surface area (Å²) in [5.41, 5.74) is -0.220. The molecule has 24 heavy (non-hydrogen) atoms. The number of halogens is 3. The average molecular weight is 346 g/mol. The van der Waals surface area contributed by atoms with Crippen molar-refractivity contribution in [1.82, 2.24) is 10.3 Å². The van der Waals surface area contributed by atoms with Gasteiger partial charge in [0.05, 0.1) is 5.92 Å². The largest absolute Gasteiger partial charge is 0.482 e. The predicted molar refractivity (Wildman–Crippen MR) is 76.6 cm³/mol. The first-order valence-electron chi connectivity index (χ1n) is 7.44. The highest BCUT2D eigenvalue weighted by Crippen LogP contribution is 2.25. The summed E-state index contributed by atoms with van der Waals surface area (Å²) >= 11 is 0. The molecule has 1 saturated carbocycles. The molecule has 0 saturated heterocycles. The number of aliphatic carboxylic acids is 1. The van der Waals surface area contributed by atoms with Crippen molar-refractivity contribution in [3.05, 3.63) is 24.0 Å². The summed E-state index contributed by atoms with van der Waals surface area (Å²) in [5.74, 6) is -2.15. The van der Waals surface area contributed by atoms with Crippen molar-refractivity contribution in [2.24, 2.45) is 5.92 Å². The zero-order valence-corrected chi connectivity index (χ0v) is 12.7. The number of carbonyl (C=O) groups is 2. The molecule has 0 unspecified atom stereocenters. The van der Waals surface area contributed by atoms with Gasteiger partial charge in [-0.1, -0.05) is 0 Å². The van der Waals surface area contributed by atoms with E-state index in [4.69, 9.17) is 5.11 Å². The lowest BCUT2D eigenvalue weighted by Crippen LogP contribution is -2.39. The Kier molecular flexibility index (Phi) is 5.63. The molecule has 0 atom stereocenters. The SMILES string of the molecule is O=C(NC1CCC(C(=O)O)CC1)c1ncccc1OCC(F)(F)F. The van der Waals surface area contributed by atoms with E-state index in [0.29, 0.717) is 25.7 Å². The molecule has 132 valence electrons. The maximum absolute atomic E-state index is 12.3. The van der Waals surface area contributed by atoms with Crippen LogP contribution in [0.15, 0.2) is 18.3 Å². The van der Waals surface area contributed by atoms with Crippen LogP contribution in [-0.4, -0.2) is 40.8 Å². The number of pyridine rings is 1. The minimum absolute atomic E-state index is 0.220. The highest BCUT2D eigenvalue weighted by Gasteiger charge is 2.30. The summed E-state index contributed by atoms with van der Waals surface area (Å²) in [6, 6.07) is 2.39. The number of alkyl halides is 3. The van der Waals surface area contributed by atoms with E-state index in [1.165, 1.54) is 18.3 Å². The number of aromatic nitrogens is 1. The van der Waals surface area contributed by atoms with E-state index in [-0.39, 0.29) is 17.5 Å². The van der Waals surface area contributed by atoms with Crippen molar-refractivity contribution in [2.75, 3.05) is 6.61 Å². The smallest absolute Gasteiger partial charge is 0.422 e. The molecule has 1 heterocycles. The van der Waals surface area contributed by atoms with E-state index in [1.54, 1.807) is 0 Å². The Balaban J connectivity index is 1.96. The average Bonchev–Trinajstić information content (AvgIpc) is 2.53. The van der Waals surface area contributed by atoms with Crippen molar-refractivity contribution in [3.63, 3.8) is 0 Å². The van der Waals surface area contributed by atoms with Crippen LogP contribution < -0.4 is 10.1 Å². The molecule has 9 heteroatoms. The van der Waals surface area contributed by atoms with E-state index in [1.807, 2.05) is 0 Å². The van der Waals surface area contributed by atoms with Crippen LogP contribution in [0.4, 0.5) is 13.2 Å². The van der Waals surface area contributed by atoms with Gasteiger partial charge in [-0.25, -0.2) is 4.98 Å². The number of hydrogen-bond acceptors (Lipinski definition) is 4. The topological polar surface area (TPSA) is 88.5 Å². The summed E-state index contributed by atoms with van der Waals surface area (Å²) in [6.45, 7) is -1.51. The number of ether oxygens (including phenoxy) is 1. The fourth-order valence-electron chi connectivity index (χ4n) is 2.58. The second-order valence-corrected chi connectivity index (χ2v) is 5.61. The third-order valence-corrected chi connectivity index (χ3v) is 3.79. The minimum Gasteiger partial charge on any atom is -0.482 e. The number of amides is 1. The van der Waals surface area contributed by atoms with Gasteiger partial charge in [-0.2, -0.15) is 13.2 Å². The van der Waals surface area contributed by atoms with Crippen molar-refractivity contribution >= 4 is 11.9 Å². The van der Waals surface area contributed by atoms with Gasteiger partial charge in [-0.3, -0.25) is 9.59 Å². The standard InChI is InChI=1S/C15H17F3N2O4/c16-15(17,18)8-24-11-2-1-7-19-12(11)13(21)20-10-5-3-9(4-6-10)14(22)23/h1-2,7,9-10H,3-6,8H2,(H,20,21)(H,22,23). The molecule has 6 nitrogen and oxygen atoms in total. The molecule has 1 aromatic heterocycles. The summed E-state index contributed by atoms with van der Waals surface area (Å²) in [4.78, 5) is 26.9. The molecule has 0 aliphatic heterocycles. The highest BCUT2D eigenvalue weighted by molar-refractivity contribution is 5.95. The van der Waals surface area contributed by atoms with E-state index in [9.17, 15) is 22.8 Å². The first-order chi connectivity index (χ1) is 11.3. The molecule has 0 radical (unpaired) electrons. The number of nitrogens with one attached hydrogen (secondary N) is 1. The Morgan fingerprint density at radius 1 is 1.29 bits per heavy atom. The zero-order valence-electron chi connectivity index (χ0n) is 12.7. The molecule has 0 bridgehead atoms. The number of carbonyl (C=O) groups excluding carboxylic acids is 1. The number of rotatable bonds is 5. The molecule has 1 aliphatic rings. The zero-order chi connectivity index (χ0) is 17.7. The van der Waals surface area contributed by atoms with Crippen LogP contribution in [0.1, 0.15) is 36.2 Å². The first kappa shape index (κ1) is 18.0. The van der Waals surface area contributed by atoms with Crippen molar-refractivity contribution in [1.29, 1.82) is 0 Å². The van der Waals surface area contributed by atoms with Crippen LogP contribution in [0, 0.1) is 5.92 Å². The van der Waals surface area contributed by atoms with Gasteiger partial charge in [0.2, 0.25) is 0 Å². The van der Waals surface area contributed by atoms with E-state index >= 15 is 0 Å². The number of carboxylic acids is 1. The third-order valence-electron chi connectivity index (χ3n) is 3.79. The van der Waals surface area contributed by atoms with Gasteiger partial charge in [0.25, 0.3) is 5.91 Å². The van der Waals surface area contributed by atoms with Crippen LogP contribution in [-0.2, 0) is 4.79 Å². The van der Waals surface area contributed by atoms with Crippen LogP contribution >= 0.6 is 0 Å². The summed E-state index contributed by atoms with van der Waals surface area (Å²) in [7, 11) is 0. The molecular formula is C15H17F3N2O4. The molecule has 1 aliphatic carbocycles. The van der Waals surface area contributed by atoms with Crippen LogP contribution in [0.5, 0.6) is 5.75 Å². The lowest BCUT2D eigenvalue weighted by atomic mass is 9.86. The molecule has 0 spiro atoms. The van der Waals surface area contributed by atoms with Gasteiger partial charge in [0.1, 0.15) is 0 Å². The van der Waals surface area contributed by atoms with E-state index in [0.717, 1.165) is 0 Å². The molecule has 1 fully saturated rings. The molecule has 2 N–H and O–H groups in total. The Morgan fingerprint density at radius 2 is 1.96 bits per heavy atom. The lowest BCUT2D eigenvalue weighted by molar-refractivity contribution is -0.153. The Hall–Kier alpha value is -2.32. The Bertz CT molecular complexity index is 599. The fourth-order valence-corrected chi connectivity index (χ4v) is 2.58. The van der Waals surface area contributed by atoms with Gasteiger partial charge in [0.15, 0.2) is 18.1 Å². The van der Waals surface area contributed by atoms with Crippen LogP contribution in [0.25, 0.3) is 0 Å². The van der Waals surface area contributed by atoms with Crippen LogP contribution in [0.3, 0.4) is 0 Å². The number of hydrogen-bond donors (Lipinski definition) is 2. The third kappa shape index (κ3) is 5.10. The van der Waals surface area contributed by atoms with E-state index in [2.05, 4.69) is 15.0 Å². The first-order valence-corrected chi connectivity index (χ1v) is 7.44. The Morgan fingerprint density at radius 3 is 2.54 bits per heavy atom. The number of nitrogens with zero attached hydrogens (tertiary/aromatic N) is 1. The molecule has 2 rings (SSSR count). The predicted octanol–water partition coefficient (Wildman–Crippen LogP) is 2.40. The quantitative estimate of drug-likeness (QED) is 0.855. The lowest BCUT2D eigenvalue weighted by Gasteiger charge is -2.26. The van der Waals surface area contributed by atoms with Gasteiger partial charge in [-0.05, 0) is 37.8 Å². The van der Waals surface area contributed by atoms with Gasteiger partial charge in [-0.15, -0.1) is 0 Å². The van der Waals surface area contributed by atoms with Crippen molar-refractivity contribution < 1.29 is 32.6 Å². The second-order valence-electron chi connectivity index (χ2n) is 5.61. The number of carboxylic acid groups (broad SMARTS) is 1. The van der Waals surface area contributed by atoms with Gasteiger partial charge >= 0.3 is 12.1 Å². The summed E-state index contributed by atoms with van der Waals surface area (Å²) in [6.07, 6.45) is -1.35. The van der Waals surface area contributed by atoms with Crippen molar-refractivity contribution in [2.45, 2.75) is 37.9 Å². The highest BCUT2D eigenvalue weighted by atomic mass is 19.4. The van der Waals surface area contributed by atoms with Gasteiger partial charge in [0, 0.05) is 12.2 Å². The molecule has 0 aromatic carbocycles. The second kappa shape index (κ2) is 7.50. The van der Waals surface area contributed by atoms with Crippen LogP contribution in [0.2, 0.25) is 0 Å². The van der Waals surface area contributed by atoms with Gasteiger partial charge < -0.3 is 15.2 Å². The van der Waals surface area contributed by atoms with E-state index < -0.39 is 30.6 Å². The normalized spacial score (nSPS) is 21.1. The monoisotopic (exact) mass is 346 g/mol. The van der Waals surface area contributed by atoms with Crippen molar-refractivity contribution in [3.8, 4) is 5.75 Å². The fraction of sp³-hybridized carbons (Fsp3) is 0.533. The molecule has 1 amide bonds. The summed E-state index contributed by atoms with van der Waals surface area (Å²) < 4.78 is 41.4. The maximum Gasteiger partial charge on any atom is 0.422 e. The Labute approximate surface area is 136 Å². The molecular weight excluding hydrogens is 329 g/mol. The summed E-state index contributed by atoms with van der Waals surface area (Å²) in [5, 5.41) is 11.6. The molecule has 1 aromatic rings. The maximum atomic E-state index is 12.3. The minimum atomic E-state index is -4.52.